The Morgan fingerprint density at radius 1 is 0.949 bits per heavy atom. The molecular formula is C29H40N8O2. The molecule has 10 heteroatoms. The summed E-state index contributed by atoms with van der Waals surface area (Å²) in [7, 11) is 1.60. The molecule has 2 aromatic heterocycles. The number of imidazole rings is 1. The molecule has 0 atom stereocenters. The molecule has 1 saturated heterocycles. The Balaban J connectivity index is 1.19. The summed E-state index contributed by atoms with van der Waals surface area (Å²) < 4.78 is 7.67. The Labute approximate surface area is 229 Å². The molecule has 4 N–H and O–H groups in total. The Morgan fingerprint density at radius 2 is 1.67 bits per heavy atom. The van der Waals surface area contributed by atoms with Crippen molar-refractivity contribution in [2.75, 3.05) is 30.8 Å². The minimum absolute atomic E-state index is 0.0179. The Morgan fingerprint density at radius 3 is 2.41 bits per heavy atom. The van der Waals surface area contributed by atoms with E-state index in [0.717, 1.165) is 55.5 Å². The van der Waals surface area contributed by atoms with Gasteiger partial charge in [-0.1, -0.05) is 25.0 Å². The predicted molar refractivity (Wildman–Crippen MR) is 152 cm³/mol. The standard InChI is InChI=1S/C29H40N8O2/c1-39-24-9-5-4-8-23(24)28(38)36-16-14-21(15-17-36)32-26-25-27(37(18-31-25)22-6-2-3-7-22)35-29(34-26)33-20-12-10-19(30)11-13-20/h4-5,8-9,18-22H,2-3,6-7,10-17,30H2,1H3,(H2,32,33,34,35)/t19-,20-. The zero-order chi connectivity index (χ0) is 26.8. The van der Waals surface area contributed by atoms with Crippen LogP contribution in [0.15, 0.2) is 30.6 Å². The number of benzene rings is 1. The highest BCUT2D eigenvalue weighted by Crippen LogP contribution is 2.34. The molecule has 2 saturated carbocycles. The quantitative estimate of drug-likeness (QED) is 0.410. The SMILES string of the molecule is COc1ccccc1C(=O)N1CCC(Nc2nc(N[C@H]3CC[C@H](N)CC3)nc3c2ncn3C2CCCC2)CC1. The number of carbonyl (C=O) groups excluding carboxylic acids is 1. The number of hydrogen-bond donors (Lipinski definition) is 3. The van der Waals surface area contributed by atoms with Crippen LogP contribution in [-0.2, 0) is 0 Å². The van der Waals surface area contributed by atoms with Gasteiger partial charge in [-0.05, 0) is 63.5 Å². The third-order valence-electron chi connectivity index (χ3n) is 8.70. The molecule has 0 bridgehead atoms. The minimum atomic E-state index is 0.0179. The van der Waals surface area contributed by atoms with E-state index in [1.165, 1.54) is 25.7 Å². The van der Waals surface area contributed by atoms with Crippen molar-refractivity contribution < 1.29 is 9.53 Å². The van der Waals surface area contributed by atoms with Crippen LogP contribution in [0.5, 0.6) is 5.75 Å². The summed E-state index contributed by atoms with van der Waals surface area (Å²) in [6.07, 6.45) is 12.6. The molecule has 0 spiro atoms. The maximum absolute atomic E-state index is 13.2. The first-order valence-corrected chi connectivity index (χ1v) is 14.5. The number of aromatic nitrogens is 4. The zero-order valence-corrected chi connectivity index (χ0v) is 22.8. The van der Waals surface area contributed by atoms with Gasteiger partial charge in [-0.2, -0.15) is 9.97 Å². The summed E-state index contributed by atoms with van der Waals surface area (Å²) in [4.78, 5) is 29.8. The molecule has 3 fully saturated rings. The second-order valence-corrected chi connectivity index (χ2v) is 11.3. The van der Waals surface area contributed by atoms with E-state index in [9.17, 15) is 4.79 Å². The topological polar surface area (TPSA) is 123 Å². The van der Waals surface area contributed by atoms with Gasteiger partial charge < -0.3 is 30.6 Å². The lowest BCUT2D eigenvalue weighted by Gasteiger charge is -2.33. The van der Waals surface area contributed by atoms with Crippen LogP contribution in [0.3, 0.4) is 0 Å². The summed E-state index contributed by atoms with van der Waals surface area (Å²) in [5.74, 6) is 2.07. The van der Waals surface area contributed by atoms with Crippen LogP contribution in [0.1, 0.15) is 80.6 Å². The third-order valence-corrected chi connectivity index (χ3v) is 8.70. The number of carbonyl (C=O) groups is 1. The van der Waals surface area contributed by atoms with Gasteiger partial charge in [-0.25, -0.2) is 4.98 Å². The van der Waals surface area contributed by atoms with E-state index in [-0.39, 0.29) is 11.9 Å². The Bertz CT molecular complexity index is 1290. The Hall–Kier alpha value is -3.40. The average Bonchev–Trinajstić information content (AvgIpc) is 3.65. The van der Waals surface area contributed by atoms with E-state index in [1.807, 2.05) is 35.5 Å². The largest absolute Gasteiger partial charge is 0.496 e. The fourth-order valence-corrected chi connectivity index (χ4v) is 6.39. The molecule has 1 aliphatic heterocycles. The molecule has 3 aromatic rings. The molecule has 0 radical (unpaired) electrons. The van der Waals surface area contributed by atoms with E-state index in [2.05, 4.69) is 15.2 Å². The predicted octanol–water partition coefficient (Wildman–Crippen LogP) is 4.35. The first-order valence-electron chi connectivity index (χ1n) is 14.5. The summed E-state index contributed by atoms with van der Waals surface area (Å²) in [6, 6.07) is 8.70. The lowest BCUT2D eigenvalue weighted by Crippen LogP contribution is -2.42. The number of fused-ring (bicyclic) bond motifs is 1. The number of likely N-dealkylation sites (tertiary alicyclic amines) is 1. The van der Waals surface area contributed by atoms with E-state index in [4.69, 9.17) is 25.4 Å². The van der Waals surface area contributed by atoms with Crippen LogP contribution < -0.4 is 21.1 Å². The minimum Gasteiger partial charge on any atom is -0.496 e. The zero-order valence-electron chi connectivity index (χ0n) is 22.8. The van der Waals surface area contributed by atoms with Crippen molar-refractivity contribution in [2.24, 2.45) is 5.73 Å². The maximum Gasteiger partial charge on any atom is 0.257 e. The lowest BCUT2D eigenvalue weighted by molar-refractivity contribution is 0.0715. The van der Waals surface area contributed by atoms with Crippen LogP contribution in [-0.4, -0.2) is 68.7 Å². The second-order valence-electron chi connectivity index (χ2n) is 11.3. The van der Waals surface area contributed by atoms with Crippen molar-refractivity contribution in [2.45, 2.75) is 88.4 Å². The number of rotatable bonds is 7. The molecule has 10 nitrogen and oxygen atoms in total. The number of hydrogen-bond acceptors (Lipinski definition) is 8. The number of amides is 1. The average molecular weight is 533 g/mol. The summed E-state index contributed by atoms with van der Waals surface area (Å²) in [6.45, 7) is 1.35. The number of anilines is 2. The second kappa shape index (κ2) is 11.4. The summed E-state index contributed by atoms with van der Waals surface area (Å²) in [5.41, 5.74) is 8.47. The van der Waals surface area contributed by atoms with Gasteiger partial charge in [0.1, 0.15) is 5.75 Å². The highest BCUT2D eigenvalue weighted by Gasteiger charge is 2.28. The van der Waals surface area contributed by atoms with E-state index in [0.29, 0.717) is 48.5 Å². The van der Waals surface area contributed by atoms with Gasteiger partial charge in [0.25, 0.3) is 5.91 Å². The number of ether oxygens (including phenoxy) is 1. The lowest BCUT2D eigenvalue weighted by atomic mass is 9.92. The van der Waals surface area contributed by atoms with Gasteiger partial charge in [0.15, 0.2) is 17.0 Å². The first-order chi connectivity index (χ1) is 19.1. The van der Waals surface area contributed by atoms with Crippen LogP contribution in [0.25, 0.3) is 11.2 Å². The summed E-state index contributed by atoms with van der Waals surface area (Å²) >= 11 is 0. The number of nitrogens with zero attached hydrogens (tertiary/aromatic N) is 5. The smallest absolute Gasteiger partial charge is 0.257 e. The molecule has 39 heavy (non-hydrogen) atoms. The highest BCUT2D eigenvalue weighted by molar-refractivity contribution is 5.97. The van der Waals surface area contributed by atoms with Gasteiger partial charge >= 0.3 is 0 Å². The van der Waals surface area contributed by atoms with Gasteiger partial charge in [-0.15, -0.1) is 0 Å². The van der Waals surface area contributed by atoms with Crippen molar-refractivity contribution in [3.63, 3.8) is 0 Å². The molecular weight excluding hydrogens is 492 g/mol. The van der Waals surface area contributed by atoms with E-state index < -0.39 is 0 Å². The molecule has 0 unspecified atom stereocenters. The van der Waals surface area contributed by atoms with Crippen molar-refractivity contribution >= 4 is 28.8 Å². The molecule has 6 rings (SSSR count). The number of piperidine rings is 1. The van der Waals surface area contributed by atoms with Crippen molar-refractivity contribution in [1.29, 1.82) is 0 Å². The van der Waals surface area contributed by atoms with Crippen molar-refractivity contribution in [3.8, 4) is 5.75 Å². The normalized spacial score (nSPS) is 22.8. The van der Waals surface area contributed by atoms with Gasteiger partial charge in [0, 0.05) is 37.3 Å². The Kier molecular flexibility index (Phi) is 7.54. The van der Waals surface area contributed by atoms with E-state index >= 15 is 0 Å². The number of nitrogens with two attached hydrogens (primary N) is 1. The third kappa shape index (κ3) is 5.52. The molecule has 2 aliphatic carbocycles. The summed E-state index contributed by atoms with van der Waals surface area (Å²) in [5, 5.41) is 7.29. The first kappa shape index (κ1) is 25.9. The van der Waals surface area contributed by atoms with Crippen LogP contribution in [0.2, 0.25) is 0 Å². The fourth-order valence-electron chi connectivity index (χ4n) is 6.39. The molecule has 208 valence electrons. The van der Waals surface area contributed by atoms with E-state index in [1.54, 1.807) is 7.11 Å². The van der Waals surface area contributed by atoms with Crippen LogP contribution in [0.4, 0.5) is 11.8 Å². The number of nitrogens with one attached hydrogen (secondary N) is 2. The fraction of sp³-hybridized carbons (Fsp3) is 0.586. The molecule has 3 heterocycles. The van der Waals surface area contributed by atoms with Crippen molar-refractivity contribution in [1.82, 2.24) is 24.4 Å². The molecule has 1 amide bonds. The van der Waals surface area contributed by atoms with Gasteiger partial charge in [0.2, 0.25) is 5.95 Å². The molecule has 3 aliphatic rings. The number of para-hydroxylation sites is 1. The van der Waals surface area contributed by atoms with Crippen molar-refractivity contribution in [3.05, 3.63) is 36.2 Å². The number of methoxy groups -OCH3 is 1. The van der Waals surface area contributed by atoms with Gasteiger partial charge in [0.05, 0.1) is 19.0 Å². The van der Waals surface area contributed by atoms with Crippen LogP contribution >= 0.6 is 0 Å². The molecule has 1 aromatic carbocycles. The highest BCUT2D eigenvalue weighted by atomic mass is 16.5. The van der Waals surface area contributed by atoms with Gasteiger partial charge in [-0.3, -0.25) is 4.79 Å². The van der Waals surface area contributed by atoms with Crippen LogP contribution in [0, 0.1) is 0 Å². The monoisotopic (exact) mass is 532 g/mol. The maximum atomic E-state index is 13.2.